The molecular formula is C18H17ClFN3O. The van der Waals surface area contributed by atoms with Crippen LogP contribution in [0.2, 0.25) is 5.02 Å². The Balaban J connectivity index is 1.62. The third-order valence-corrected chi connectivity index (χ3v) is 4.26. The Hall–Kier alpha value is -2.40. The fraction of sp³-hybridized carbons (Fsp3) is 0.222. The van der Waals surface area contributed by atoms with E-state index in [0.29, 0.717) is 24.5 Å². The molecule has 3 rings (SSSR count). The van der Waals surface area contributed by atoms with E-state index in [4.69, 9.17) is 11.6 Å². The summed E-state index contributed by atoms with van der Waals surface area (Å²) in [7, 11) is 1.74. The highest BCUT2D eigenvalue weighted by Crippen LogP contribution is 2.22. The molecule has 1 heterocycles. The van der Waals surface area contributed by atoms with E-state index in [-0.39, 0.29) is 11.7 Å². The molecule has 0 atom stereocenters. The standard InChI is InChI=1S/C18H17ClFN3O/c1-22(12-13-5-7-14(20)8-6-13)18(24)9-10-23-17-4-2-3-16(19)15(17)11-21-23/h2-8,11H,9-10,12H2,1H3. The number of amides is 1. The molecule has 2 aromatic carbocycles. The molecule has 0 aliphatic carbocycles. The summed E-state index contributed by atoms with van der Waals surface area (Å²) in [5.41, 5.74) is 1.81. The monoisotopic (exact) mass is 345 g/mol. The van der Waals surface area contributed by atoms with Gasteiger partial charge < -0.3 is 4.90 Å². The molecule has 4 nitrogen and oxygen atoms in total. The van der Waals surface area contributed by atoms with Crippen molar-refractivity contribution in [3.63, 3.8) is 0 Å². The van der Waals surface area contributed by atoms with Crippen molar-refractivity contribution in [3.8, 4) is 0 Å². The molecule has 0 spiro atoms. The zero-order valence-electron chi connectivity index (χ0n) is 13.2. The number of aromatic nitrogens is 2. The van der Waals surface area contributed by atoms with Crippen LogP contribution in [-0.4, -0.2) is 27.6 Å². The van der Waals surface area contributed by atoms with Crippen LogP contribution >= 0.6 is 11.6 Å². The lowest BCUT2D eigenvalue weighted by Gasteiger charge is -2.17. The molecule has 6 heteroatoms. The van der Waals surface area contributed by atoms with Crippen molar-refractivity contribution in [3.05, 3.63) is 65.1 Å². The van der Waals surface area contributed by atoms with Crippen molar-refractivity contribution >= 4 is 28.4 Å². The van der Waals surface area contributed by atoms with E-state index in [1.54, 1.807) is 35.0 Å². The maximum atomic E-state index is 12.9. The number of benzene rings is 2. The van der Waals surface area contributed by atoms with Crippen LogP contribution < -0.4 is 0 Å². The minimum atomic E-state index is -0.281. The van der Waals surface area contributed by atoms with Crippen LogP contribution in [0.1, 0.15) is 12.0 Å². The third kappa shape index (κ3) is 3.57. The molecule has 0 saturated carbocycles. The lowest BCUT2D eigenvalue weighted by Crippen LogP contribution is -2.27. The summed E-state index contributed by atoms with van der Waals surface area (Å²) in [5.74, 6) is -0.276. The molecule has 0 radical (unpaired) electrons. The molecule has 0 fully saturated rings. The molecule has 0 N–H and O–H groups in total. The molecule has 0 bridgehead atoms. The molecule has 0 saturated heterocycles. The van der Waals surface area contributed by atoms with Gasteiger partial charge >= 0.3 is 0 Å². The van der Waals surface area contributed by atoms with E-state index in [1.807, 2.05) is 18.2 Å². The van der Waals surface area contributed by atoms with Gasteiger partial charge in [-0.3, -0.25) is 9.48 Å². The first-order valence-electron chi connectivity index (χ1n) is 7.63. The molecule has 0 aliphatic heterocycles. The van der Waals surface area contributed by atoms with Crippen LogP contribution in [0.5, 0.6) is 0 Å². The largest absolute Gasteiger partial charge is 0.341 e. The number of nitrogens with zero attached hydrogens (tertiary/aromatic N) is 3. The van der Waals surface area contributed by atoms with Gasteiger partial charge in [0, 0.05) is 25.4 Å². The van der Waals surface area contributed by atoms with Gasteiger partial charge in [-0.15, -0.1) is 0 Å². The van der Waals surface area contributed by atoms with E-state index in [0.717, 1.165) is 16.5 Å². The minimum absolute atomic E-state index is 0.00463. The van der Waals surface area contributed by atoms with E-state index in [2.05, 4.69) is 5.10 Å². The van der Waals surface area contributed by atoms with E-state index < -0.39 is 0 Å². The molecule has 0 aliphatic rings. The van der Waals surface area contributed by atoms with Gasteiger partial charge in [0.05, 0.1) is 23.3 Å². The number of carbonyl (C=O) groups excluding carboxylic acids is 1. The third-order valence-electron chi connectivity index (χ3n) is 3.93. The number of carbonyl (C=O) groups is 1. The summed E-state index contributed by atoms with van der Waals surface area (Å²) in [4.78, 5) is 13.9. The zero-order valence-corrected chi connectivity index (χ0v) is 14.0. The number of halogens is 2. The Kier molecular flexibility index (Phi) is 4.81. The summed E-state index contributed by atoms with van der Waals surface area (Å²) < 4.78 is 14.7. The number of hydrogen-bond donors (Lipinski definition) is 0. The first-order valence-corrected chi connectivity index (χ1v) is 8.01. The first kappa shape index (κ1) is 16.5. The summed E-state index contributed by atoms with van der Waals surface area (Å²) in [6.07, 6.45) is 2.05. The van der Waals surface area contributed by atoms with Gasteiger partial charge in [0.1, 0.15) is 5.82 Å². The second-order valence-corrected chi connectivity index (χ2v) is 6.07. The quantitative estimate of drug-likeness (QED) is 0.704. The SMILES string of the molecule is CN(Cc1ccc(F)cc1)C(=O)CCn1ncc2c(Cl)cccc21. The normalized spacial score (nSPS) is 11.0. The van der Waals surface area contributed by atoms with Gasteiger partial charge in [-0.1, -0.05) is 29.8 Å². The minimum Gasteiger partial charge on any atom is -0.341 e. The Morgan fingerprint density at radius 2 is 2.00 bits per heavy atom. The number of aryl methyl sites for hydroxylation is 1. The van der Waals surface area contributed by atoms with Gasteiger partial charge in [-0.2, -0.15) is 5.10 Å². The van der Waals surface area contributed by atoms with Crippen molar-refractivity contribution < 1.29 is 9.18 Å². The highest BCUT2D eigenvalue weighted by Gasteiger charge is 2.11. The van der Waals surface area contributed by atoms with Gasteiger partial charge in [0.25, 0.3) is 0 Å². The summed E-state index contributed by atoms with van der Waals surface area (Å²) >= 11 is 6.13. The smallest absolute Gasteiger partial charge is 0.224 e. The Labute approximate surface area is 144 Å². The summed E-state index contributed by atoms with van der Waals surface area (Å²) in [5, 5.41) is 5.83. The van der Waals surface area contributed by atoms with Crippen LogP contribution in [0.15, 0.2) is 48.7 Å². The fourth-order valence-corrected chi connectivity index (χ4v) is 2.81. The fourth-order valence-electron chi connectivity index (χ4n) is 2.59. The second kappa shape index (κ2) is 7.01. The average Bonchev–Trinajstić information content (AvgIpc) is 2.99. The van der Waals surface area contributed by atoms with E-state index in [9.17, 15) is 9.18 Å². The Morgan fingerprint density at radius 3 is 2.75 bits per heavy atom. The number of fused-ring (bicyclic) bond motifs is 1. The lowest BCUT2D eigenvalue weighted by atomic mass is 10.2. The maximum absolute atomic E-state index is 12.9. The van der Waals surface area contributed by atoms with Crippen LogP contribution in [0.3, 0.4) is 0 Å². The molecular weight excluding hydrogens is 329 g/mol. The van der Waals surface area contributed by atoms with Gasteiger partial charge in [0.2, 0.25) is 5.91 Å². The van der Waals surface area contributed by atoms with Gasteiger partial charge in [0.15, 0.2) is 0 Å². The zero-order chi connectivity index (χ0) is 17.1. The van der Waals surface area contributed by atoms with Crippen LogP contribution in [0, 0.1) is 5.82 Å². The summed E-state index contributed by atoms with van der Waals surface area (Å²) in [6.45, 7) is 0.932. The molecule has 1 amide bonds. The van der Waals surface area contributed by atoms with Crippen molar-refractivity contribution in [2.45, 2.75) is 19.5 Å². The van der Waals surface area contributed by atoms with Crippen LogP contribution in [0.25, 0.3) is 10.9 Å². The van der Waals surface area contributed by atoms with E-state index >= 15 is 0 Å². The molecule has 1 aromatic heterocycles. The number of hydrogen-bond acceptors (Lipinski definition) is 2. The topological polar surface area (TPSA) is 38.1 Å². The van der Waals surface area contributed by atoms with Crippen molar-refractivity contribution in [2.24, 2.45) is 0 Å². The first-order chi connectivity index (χ1) is 11.5. The highest BCUT2D eigenvalue weighted by atomic mass is 35.5. The Bertz CT molecular complexity index is 860. The van der Waals surface area contributed by atoms with Gasteiger partial charge in [-0.05, 0) is 29.8 Å². The van der Waals surface area contributed by atoms with Gasteiger partial charge in [-0.25, -0.2) is 4.39 Å². The van der Waals surface area contributed by atoms with Crippen LogP contribution in [-0.2, 0) is 17.9 Å². The highest BCUT2D eigenvalue weighted by molar-refractivity contribution is 6.35. The van der Waals surface area contributed by atoms with Crippen LogP contribution in [0.4, 0.5) is 4.39 Å². The second-order valence-electron chi connectivity index (χ2n) is 5.67. The van der Waals surface area contributed by atoms with E-state index in [1.165, 1.54) is 12.1 Å². The van der Waals surface area contributed by atoms with Crippen molar-refractivity contribution in [2.75, 3.05) is 7.05 Å². The predicted molar refractivity (Wildman–Crippen MR) is 92.2 cm³/mol. The molecule has 24 heavy (non-hydrogen) atoms. The average molecular weight is 346 g/mol. The summed E-state index contributed by atoms with van der Waals surface area (Å²) in [6, 6.07) is 11.8. The predicted octanol–water partition coefficient (Wildman–Crippen LogP) is 3.88. The molecule has 124 valence electrons. The molecule has 0 unspecified atom stereocenters. The number of rotatable bonds is 5. The maximum Gasteiger partial charge on any atom is 0.224 e. The van der Waals surface area contributed by atoms with Crippen molar-refractivity contribution in [1.82, 2.24) is 14.7 Å². The molecule has 3 aromatic rings. The lowest BCUT2D eigenvalue weighted by molar-refractivity contribution is -0.130. The van der Waals surface area contributed by atoms with Crippen molar-refractivity contribution in [1.29, 1.82) is 0 Å². The Morgan fingerprint density at radius 1 is 1.25 bits per heavy atom.